The number of carbonyl (C=O) groups excluding carboxylic acids is 2. The van der Waals surface area contributed by atoms with Crippen LogP contribution in [-0.2, 0) is 24.3 Å². The number of ether oxygens (including phenoxy) is 1. The van der Waals surface area contributed by atoms with Crippen LogP contribution in [-0.4, -0.2) is 75.9 Å². The Bertz CT molecular complexity index is 955. The van der Waals surface area contributed by atoms with Gasteiger partial charge in [0.2, 0.25) is 21.8 Å². The summed E-state index contributed by atoms with van der Waals surface area (Å²) in [6, 6.07) is 3.80. The zero-order valence-corrected chi connectivity index (χ0v) is 21.7. The Labute approximate surface area is 204 Å². The molecule has 3 rings (SSSR count). The maximum atomic E-state index is 13.3. The van der Waals surface area contributed by atoms with Gasteiger partial charge >= 0.3 is 0 Å². The Hall–Kier alpha value is -1.97. The average molecular weight is 494 g/mol. The number of amides is 2. The fourth-order valence-corrected chi connectivity index (χ4v) is 7.12. The zero-order chi connectivity index (χ0) is 24.9. The summed E-state index contributed by atoms with van der Waals surface area (Å²) in [5.74, 6) is -0.0623. The Morgan fingerprint density at radius 1 is 0.971 bits per heavy atom. The van der Waals surface area contributed by atoms with Gasteiger partial charge in [-0.1, -0.05) is 17.7 Å². The highest BCUT2D eigenvalue weighted by molar-refractivity contribution is 7.89. The van der Waals surface area contributed by atoms with E-state index in [2.05, 4.69) is 5.32 Å². The number of piperidine rings is 2. The lowest BCUT2D eigenvalue weighted by molar-refractivity contribution is -0.140. The number of likely N-dealkylation sites (tertiary alicyclic amines) is 1. The second kappa shape index (κ2) is 11.6. The van der Waals surface area contributed by atoms with Crippen LogP contribution in [0.1, 0.15) is 48.8 Å². The monoisotopic (exact) mass is 493 g/mol. The number of hydrogen-bond acceptors (Lipinski definition) is 5. The summed E-state index contributed by atoms with van der Waals surface area (Å²) in [6.45, 7) is 8.74. The molecule has 2 aliphatic rings. The Morgan fingerprint density at radius 2 is 1.53 bits per heavy atom. The molecule has 34 heavy (non-hydrogen) atoms. The fraction of sp³-hybridized carbons (Fsp3) is 0.680. The average Bonchev–Trinajstić information content (AvgIpc) is 2.80. The number of carbonyl (C=O) groups is 2. The topological polar surface area (TPSA) is 96.0 Å². The van der Waals surface area contributed by atoms with Crippen LogP contribution in [0.25, 0.3) is 0 Å². The molecule has 0 atom stereocenters. The van der Waals surface area contributed by atoms with Crippen molar-refractivity contribution in [1.29, 1.82) is 0 Å². The molecule has 0 aromatic heterocycles. The maximum absolute atomic E-state index is 13.3. The molecule has 1 N–H and O–H groups in total. The first-order valence-corrected chi connectivity index (χ1v) is 13.7. The van der Waals surface area contributed by atoms with Gasteiger partial charge in [-0.15, -0.1) is 0 Å². The highest BCUT2D eigenvalue weighted by Gasteiger charge is 2.36. The van der Waals surface area contributed by atoms with Crippen molar-refractivity contribution in [3.05, 3.63) is 28.8 Å². The number of aryl methyl sites for hydroxylation is 3. The normalized spacial score (nSPS) is 18.8. The van der Waals surface area contributed by atoms with Crippen molar-refractivity contribution in [3.8, 4) is 0 Å². The number of hydrogen-bond donors (Lipinski definition) is 1. The number of methoxy groups -OCH3 is 1. The molecule has 2 saturated heterocycles. The van der Waals surface area contributed by atoms with Crippen molar-refractivity contribution in [2.75, 3.05) is 46.4 Å². The van der Waals surface area contributed by atoms with E-state index in [1.54, 1.807) is 7.11 Å². The van der Waals surface area contributed by atoms with E-state index >= 15 is 0 Å². The molecule has 2 amide bonds. The molecular weight excluding hydrogens is 454 g/mol. The molecule has 0 radical (unpaired) electrons. The number of benzene rings is 1. The van der Waals surface area contributed by atoms with E-state index in [0.717, 1.165) is 23.1 Å². The third-order valence-corrected chi connectivity index (χ3v) is 9.21. The molecule has 0 spiro atoms. The van der Waals surface area contributed by atoms with Gasteiger partial charge in [-0.25, -0.2) is 8.42 Å². The van der Waals surface area contributed by atoms with Crippen molar-refractivity contribution < 1.29 is 22.7 Å². The summed E-state index contributed by atoms with van der Waals surface area (Å²) in [5, 5.41) is 2.95. The third-order valence-electron chi connectivity index (χ3n) is 7.01. The molecule has 8 nitrogen and oxygen atoms in total. The van der Waals surface area contributed by atoms with Gasteiger partial charge in [0.1, 0.15) is 0 Å². The first-order valence-electron chi connectivity index (χ1n) is 12.3. The SMILES string of the molecule is COCCCNC(=O)C1CCN(C(=O)C2CCN(S(=O)(=O)c3c(C)cc(C)cc3C)CC2)CC1. The van der Waals surface area contributed by atoms with Gasteiger partial charge in [0.15, 0.2) is 0 Å². The second-order valence-electron chi connectivity index (χ2n) is 9.64. The van der Waals surface area contributed by atoms with Crippen molar-refractivity contribution in [2.24, 2.45) is 11.8 Å². The van der Waals surface area contributed by atoms with Gasteiger partial charge in [-0.3, -0.25) is 9.59 Å². The van der Waals surface area contributed by atoms with Crippen LogP contribution in [0.5, 0.6) is 0 Å². The van der Waals surface area contributed by atoms with Crippen molar-refractivity contribution in [2.45, 2.75) is 57.8 Å². The van der Waals surface area contributed by atoms with Crippen LogP contribution in [0.2, 0.25) is 0 Å². The Balaban J connectivity index is 1.50. The number of nitrogens with zero attached hydrogens (tertiary/aromatic N) is 2. The first-order chi connectivity index (χ1) is 16.1. The third kappa shape index (κ3) is 6.17. The minimum Gasteiger partial charge on any atom is -0.385 e. The van der Waals surface area contributed by atoms with Gasteiger partial charge in [-0.05, 0) is 64.0 Å². The molecule has 1 aromatic carbocycles. The van der Waals surface area contributed by atoms with Gasteiger partial charge in [0.05, 0.1) is 4.90 Å². The molecule has 9 heteroatoms. The summed E-state index contributed by atoms with van der Waals surface area (Å²) in [4.78, 5) is 27.7. The van der Waals surface area contributed by atoms with Crippen molar-refractivity contribution in [1.82, 2.24) is 14.5 Å². The van der Waals surface area contributed by atoms with Gasteiger partial charge in [0, 0.05) is 58.3 Å². The van der Waals surface area contributed by atoms with Gasteiger partial charge in [0.25, 0.3) is 0 Å². The molecular formula is C25H39N3O5S. The van der Waals surface area contributed by atoms with Crippen LogP contribution in [0.4, 0.5) is 0 Å². The van der Waals surface area contributed by atoms with E-state index in [1.165, 1.54) is 4.31 Å². The smallest absolute Gasteiger partial charge is 0.243 e. The fourth-order valence-electron chi connectivity index (χ4n) is 5.24. The molecule has 2 fully saturated rings. The quantitative estimate of drug-likeness (QED) is 0.561. The zero-order valence-electron chi connectivity index (χ0n) is 20.9. The number of sulfonamides is 1. The van der Waals surface area contributed by atoms with Crippen molar-refractivity contribution >= 4 is 21.8 Å². The first kappa shape index (κ1) is 26.6. The largest absolute Gasteiger partial charge is 0.385 e. The summed E-state index contributed by atoms with van der Waals surface area (Å²) >= 11 is 0. The van der Waals surface area contributed by atoms with Crippen LogP contribution in [0, 0.1) is 32.6 Å². The molecule has 0 unspecified atom stereocenters. The summed E-state index contributed by atoms with van der Waals surface area (Å²) < 4.78 is 33.2. The molecule has 2 heterocycles. The molecule has 1 aromatic rings. The molecule has 2 aliphatic heterocycles. The minimum absolute atomic E-state index is 0.0560. The lowest BCUT2D eigenvalue weighted by Gasteiger charge is -2.37. The summed E-state index contributed by atoms with van der Waals surface area (Å²) in [5.41, 5.74) is 2.58. The lowest BCUT2D eigenvalue weighted by Crippen LogP contribution is -2.48. The second-order valence-corrected chi connectivity index (χ2v) is 11.5. The predicted octanol–water partition coefficient (Wildman–Crippen LogP) is 2.40. The lowest BCUT2D eigenvalue weighted by atomic mass is 9.92. The Kier molecular flexibility index (Phi) is 9.12. The standard InChI is InChI=1S/C25H39N3O5S/c1-18-16-19(2)23(20(3)17-18)34(31,32)28-13-8-22(9-14-28)25(30)27-11-6-21(7-12-27)24(29)26-10-5-15-33-4/h16-17,21-22H,5-15H2,1-4H3,(H,26,29). The minimum atomic E-state index is -3.59. The molecule has 0 bridgehead atoms. The van der Waals surface area contributed by atoms with E-state index in [0.29, 0.717) is 69.9 Å². The van der Waals surface area contributed by atoms with E-state index in [-0.39, 0.29) is 23.7 Å². The molecule has 190 valence electrons. The highest BCUT2D eigenvalue weighted by atomic mass is 32.2. The maximum Gasteiger partial charge on any atom is 0.243 e. The van der Waals surface area contributed by atoms with Gasteiger partial charge in [-0.2, -0.15) is 4.31 Å². The molecule has 0 aliphatic carbocycles. The molecule has 0 saturated carbocycles. The van der Waals surface area contributed by atoms with E-state index in [4.69, 9.17) is 4.74 Å². The van der Waals surface area contributed by atoms with E-state index in [9.17, 15) is 18.0 Å². The number of rotatable bonds is 8. The van der Waals surface area contributed by atoms with Crippen LogP contribution >= 0.6 is 0 Å². The van der Waals surface area contributed by atoms with Crippen LogP contribution in [0.15, 0.2) is 17.0 Å². The summed E-state index contributed by atoms with van der Waals surface area (Å²) in [6.07, 6.45) is 3.18. The Morgan fingerprint density at radius 3 is 2.09 bits per heavy atom. The van der Waals surface area contributed by atoms with Gasteiger partial charge < -0.3 is 15.0 Å². The van der Waals surface area contributed by atoms with Crippen LogP contribution in [0.3, 0.4) is 0 Å². The van der Waals surface area contributed by atoms with Crippen LogP contribution < -0.4 is 5.32 Å². The van der Waals surface area contributed by atoms with E-state index < -0.39 is 10.0 Å². The predicted molar refractivity (Wildman–Crippen MR) is 131 cm³/mol. The van der Waals surface area contributed by atoms with E-state index in [1.807, 2.05) is 37.8 Å². The number of nitrogens with one attached hydrogen (secondary N) is 1. The summed E-state index contributed by atoms with van der Waals surface area (Å²) in [7, 11) is -1.94. The van der Waals surface area contributed by atoms with Crippen molar-refractivity contribution in [3.63, 3.8) is 0 Å². The highest BCUT2D eigenvalue weighted by Crippen LogP contribution is 2.30.